The lowest BCUT2D eigenvalue weighted by Crippen LogP contribution is -2.24. The Hall–Kier alpha value is -2.11. The molecule has 2 aromatic rings. The molecule has 0 spiro atoms. The summed E-state index contributed by atoms with van der Waals surface area (Å²) in [6, 6.07) is 13.4. The van der Waals surface area contributed by atoms with E-state index < -0.39 is 9.84 Å². The van der Waals surface area contributed by atoms with Crippen LogP contribution in [0, 0.1) is 0 Å². The van der Waals surface area contributed by atoms with Gasteiger partial charge in [-0.25, -0.2) is 8.42 Å². The highest BCUT2D eigenvalue weighted by atomic mass is 35.5. The first-order valence-corrected chi connectivity index (χ1v) is 9.57. The molecule has 0 radical (unpaired) electrons. The summed E-state index contributed by atoms with van der Waals surface area (Å²) in [6.07, 6.45) is 4.31. The van der Waals surface area contributed by atoms with E-state index in [4.69, 9.17) is 11.6 Å². The minimum atomic E-state index is -3.22. The Morgan fingerprint density at radius 1 is 1.08 bits per heavy atom. The minimum Gasteiger partial charge on any atom is -0.346 e. The van der Waals surface area contributed by atoms with Gasteiger partial charge in [-0.3, -0.25) is 4.79 Å². The van der Waals surface area contributed by atoms with Crippen molar-refractivity contribution in [3.05, 3.63) is 70.8 Å². The van der Waals surface area contributed by atoms with E-state index in [2.05, 4.69) is 5.32 Å². The third kappa shape index (κ3) is 5.22. The van der Waals surface area contributed by atoms with Crippen molar-refractivity contribution in [2.75, 3.05) is 6.26 Å². The molecule has 2 rings (SSSR count). The third-order valence-corrected chi connectivity index (χ3v) is 4.84. The van der Waals surface area contributed by atoms with Crippen LogP contribution in [0.2, 0.25) is 5.02 Å². The molecular formula is C18H18ClNO3S. The van der Waals surface area contributed by atoms with Crippen LogP contribution in [0.25, 0.3) is 6.08 Å². The maximum Gasteiger partial charge on any atom is 0.244 e. The molecule has 126 valence electrons. The number of rotatable bonds is 5. The van der Waals surface area contributed by atoms with Crippen LogP contribution in [-0.2, 0) is 14.6 Å². The molecule has 0 heterocycles. The van der Waals surface area contributed by atoms with Crippen LogP contribution < -0.4 is 5.32 Å². The molecule has 0 fully saturated rings. The SMILES string of the molecule is CC(NC(=O)C=Cc1ccc(Cl)cc1)c1ccc(S(C)(=O)=O)cc1. The Morgan fingerprint density at radius 2 is 1.67 bits per heavy atom. The van der Waals surface area contributed by atoms with Gasteiger partial charge in [-0.15, -0.1) is 0 Å². The van der Waals surface area contributed by atoms with Crippen molar-refractivity contribution in [1.82, 2.24) is 5.32 Å². The van der Waals surface area contributed by atoms with Gasteiger partial charge >= 0.3 is 0 Å². The average molecular weight is 364 g/mol. The number of benzene rings is 2. The summed E-state index contributed by atoms with van der Waals surface area (Å²) in [4.78, 5) is 12.2. The van der Waals surface area contributed by atoms with E-state index in [0.29, 0.717) is 5.02 Å². The molecule has 1 amide bonds. The molecule has 1 atom stereocenters. The maximum atomic E-state index is 12.0. The van der Waals surface area contributed by atoms with Crippen molar-refractivity contribution >= 4 is 33.4 Å². The summed E-state index contributed by atoms with van der Waals surface area (Å²) in [5, 5.41) is 3.48. The predicted octanol–water partition coefficient (Wildman–Crippen LogP) is 3.63. The molecule has 1 unspecified atom stereocenters. The number of halogens is 1. The number of carbonyl (C=O) groups excluding carboxylic acids is 1. The molecule has 1 N–H and O–H groups in total. The molecule has 0 aliphatic heterocycles. The van der Waals surface area contributed by atoms with Gasteiger partial charge in [-0.1, -0.05) is 35.9 Å². The van der Waals surface area contributed by atoms with Gasteiger partial charge < -0.3 is 5.32 Å². The molecule has 0 bridgehead atoms. The Labute approximate surface area is 147 Å². The van der Waals surface area contributed by atoms with E-state index in [0.717, 1.165) is 17.4 Å². The van der Waals surface area contributed by atoms with E-state index in [1.54, 1.807) is 30.3 Å². The Kier molecular flexibility index (Phi) is 5.80. The number of amides is 1. The van der Waals surface area contributed by atoms with Crippen molar-refractivity contribution in [3.8, 4) is 0 Å². The zero-order valence-electron chi connectivity index (χ0n) is 13.4. The van der Waals surface area contributed by atoms with Crippen LogP contribution in [-0.4, -0.2) is 20.6 Å². The molecule has 0 aliphatic rings. The zero-order chi connectivity index (χ0) is 17.7. The average Bonchev–Trinajstić information content (AvgIpc) is 2.53. The van der Waals surface area contributed by atoms with Crippen molar-refractivity contribution in [1.29, 1.82) is 0 Å². The smallest absolute Gasteiger partial charge is 0.244 e. The van der Waals surface area contributed by atoms with Crippen LogP contribution in [0.5, 0.6) is 0 Å². The second kappa shape index (κ2) is 7.64. The van der Waals surface area contributed by atoms with Crippen LogP contribution >= 0.6 is 11.6 Å². The van der Waals surface area contributed by atoms with Gasteiger partial charge in [-0.05, 0) is 48.4 Å². The lowest BCUT2D eigenvalue weighted by Gasteiger charge is -2.13. The summed E-state index contributed by atoms with van der Waals surface area (Å²) in [7, 11) is -3.22. The van der Waals surface area contributed by atoms with Crippen LogP contribution in [0.4, 0.5) is 0 Å². The van der Waals surface area contributed by atoms with E-state index in [1.807, 2.05) is 19.1 Å². The minimum absolute atomic E-state index is 0.232. The molecule has 4 nitrogen and oxygen atoms in total. The Bertz CT molecular complexity index is 841. The first-order chi connectivity index (χ1) is 11.3. The van der Waals surface area contributed by atoms with E-state index in [1.165, 1.54) is 18.2 Å². The summed E-state index contributed by atoms with van der Waals surface area (Å²) in [5.41, 5.74) is 1.70. The first-order valence-electron chi connectivity index (χ1n) is 7.30. The van der Waals surface area contributed by atoms with Crippen LogP contribution in [0.1, 0.15) is 24.1 Å². The van der Waals surface area contributed by atoms with Crippen LogP contribution in [0.15, 0.2) is 59.5 Å². The predicted molar refractivity (Wildman–Crippen MR) is 96.6 cm³/mol. The van der Waals surface area contributed by atoms with Crippen molar-refractivity contribution < 1.29 is 13.2 Å². The van der Waals surface area contributed by atoms with Gasteiger partial charge in [0, 0.05) is 17.4 Å². The Morgan fingerprint density at radius 3 is 2.21 bits per heavy atom. The fourth-order valence-electron chi connectivity index (χ4n) is 2.09. The Balaban J connectivity index is 1.99. The van der Waals surface area contributed by atoms with Gasteiger partial charge in [0.05, 0.1) is 10.9 Å². The molecule has 24 heavy (non-hydrogen) atoms. The third-order valence-electron chi connectivity index (χ3n) is 3.46. The molecule has 0 saturated heterocycles. The first kappa shape index (κ1) is 18.2. The van der Waals surface area contributed by atoms with Crippen molar-refractivity contribution in [3.63, 3.8) is 0 Å². The number of hydrogen-bond acceptors (Lipinski definition) is 3. The fourth-order valence-corrected chi connectivity index (χ4v) is 2.85. The molecule has 0 aliphatic carbocycles. The van der Waals surface area contributed by atoms with Crippen molar-refractivity contribution in [2.24, 2.45) is 0 Å². The molecular weight excluding hydrogens is 346 g/mol. The number of nitrogens with one attached hydrogen (secondary N) is 1. The van der Waals surface area contributed by atoms with Gasteiger partial charge in [0.25, 0.3) is 0 Å². The standard InChI is InChI=1S/C18H18ClNO3S/c1-13(15-6-10-17(11-7-15)24(2,22)23)20-18(21)12-5-14-3-8-16(19)9-4-14/h3-13H,1-2H3,(H,20,21). The number of sulfone groups is 1. The second-order valence-electron chi connectivity index (χ2n) is 5.46. The summed E-state index contributed by atoms with van der Waals surface area (Å²) in [5.74, 6) is -0.232. The topological polar surface area (TPSA) is 63.2 Å². The van der Waals surface area contributed by atoms with E-state index >= 15 is 0 Å². The van der Waals surface area contributed by atoms with Crippen molar-refractivity contribution in [2.45, 2.75) is 17.9 Å². The normalized spacial score (nSPS) is 13.0. The van der Waals surface area contributed by atoms with Gasteiger partial charge in [0.1, 0.15) is 0 Å². The number of carbonyl (C=O) groups is 1. The lowest BCUT2D eigenvalue weighted by atomic mass is 10.1. The van der Waals surface area contributed by atoms with Gasteiger partial charge in [0.15, 0.2) is 9.84 Å². The highest BCUT2D eigenvalue weighted by molar-refractivity contribution is 7.90. The number of hydrogen-bond donors (Lipinski definition) is 1. The monoisotopic (exact) mass is 363 g/mol. The van der Waals surface area contributed by atoms with E-state index in [-0.39, 0.29) is 16.8 Å². The largest absolute Gasteiger partial charge is 0.346 e. The van der Waals surface area contributed by atoms with E-state index in [9.17, 15) is 13.2 Å². The highest BCUT2D eigenvalue weighted by Gasteiger charge is 2.10. The summed E-state index contributed by atoms with van der Waals surface area (Å²) in [6.45, 7) is 1.84. The fraction of sp³-hybridized carbons (Fsp3) is 0.167. The molecule has 0 aromatic heterocycles. The summed E-state index contributed by atoms with van der Waals surface area (Å²) >= 11 is 5.81. The maximum absolute atomic E-state index is 12.0. The molecule has 2 aromatic carbocycles. The summed E-state index contributed by atoms with van der Waals surface area (Å²) < 4.78 is 22.9. The second-order valence-corrected chi connectivity index (χ2v) is 7.91. The lowest BCUT2D eigenvalue weighted by molar-refractivity contribution is -0.117. The van der Waals surface area contributed by atoms with Crippen LogP contribution in [0.3, 0.4) is 0 Å². The molecule has 6 heteroatoms. The van der Waals surface area contributed by atoms with Gasteiger partial charge in [0.2, 0.25) is 5.91 Å². The van der Waals surface area contributed by atoms with Gasteiger partial charge in [-0.2, -0.15) is 0 Å². The zero-order valence-corrected chi connectivity index (χ0v) is 14.9. The highest BCUT2D eigenvalue weighted by Crippen LogP contribution is 2.16. The quantitative estimate of drug-likeness (QED) is 0.825. The molecule has 0 saturated carbocycles.